The van der Waals surface area contributed by atoms with Crippen LogP contribution < -0.4 is 5.32 Å². The fourth-order valence-electron chi connectivity index (χ4n) is 2.93. The van der Waals surface area contributed by atoms with Crippen LogP contribution in [0.15, 0.2) is 6.33 Å². The highest BCUT2D eigenvalue weighted by Crippen LogP contribution is 2.17. The van der Waals surface area contributed by atoms with Crippen LogP contribution in [0.5, 0.6) is 0 Å². The standard InChI is InChI=1S/C12H19N7O2/c20-11-6-13-3-5-19(11)10-2-1-4-17(7-10)12(21)8-18-9-14-15-16-18/h9-10,13H,1-8H2. The number of amides is 2. The summed E-state index contributed by atoms with van der Waals surface area (Å²) in [5, 5.41) is 13.8. The maximum atomic E-state index is 12.3. The Hall–Kier alpha value is -2.03. The molecule has 2 aliphatic heterocycles. The molecule has 2 amide bonds. The number of aromatic nitrogens is 4. The molecule has 2 aliphatic rings. The van der Waals surface area contributed by atoms with E-state index >= 15 is 0 Å². The number of carbonyl (C=O) groups is 2. The topological polar surface area (TPSA) is 96.2 Å². The van der Waals surface area contributed by atoms with Crippen molar-refractivity contribution in [3.8, 4) is 0 Å². The van der Waals surface area contributed by atoms with Gasteiger partial charge in [-0.05, 0) is 23.3 Å². The molecular formula is C12H19N7O2. The summed E-state index contributed by atoms with van der Waals surface area (Å²) >= 11 is 0. The highest BCUT2D eigenvalue weighted by Gasteiger charge is 2.31. The lowest BCUT2D eigenvalue weighted by molar-refractivity contribution is -0.140. The fourth-order valence-corrected chi connectivity index (χ4v) is 2.93. The van der Waals surface area contributed by atoms with Gasteiger partial charge in [-0.2, -0.15) is 0 Å². The maximum Gasteiger partial charge on any atom is 0.244 e. The van der Waals surface area contributed by atoms with Crippen LogP contribution in [0.25, 0.3) is 0 Å². The van der Waals surface area contributed by atoms with Crippen molar-refractivity contribution in [2.24, 2.45) is 0 Å². The summed E-state index contributed by atoms with van der Waals surface area (Å²) in [6.07, 6.45) is 3.31. The zero-order chi connectivity index (χ0) is 14.7. The van der Waals surface area contributed by atoms with E-state index in [1.165, 1.54) is 11.0 Å². The Bertz CT molecular complexity index is 504. The molecule has 0 bridgehead atoms. The van der Waals surface area contributed by atoms with Crippen molar-refractivity contribution in [2.45, 2.75) is 25.4 Å². The number of piperazine rings is 1. The molecule has 1 aromatic heterocycles. The molecule has 1 aromatic rings. The molecule has 0 spiro atoms. The smallest absolute Gasteiger partial charge is 0.244 e. The van der Waals surface area contributed by atoms with E-state index in [0.29, 0.717) is 13.1 Å². The van der Waals surface area contributed by atoms with Gasteiger partial charge < -0.3 is 15.1 Å². The molecule has 9 heteroatoms. The molecule has 3 heterocycles. The predicted molar refractivity (Wildman–Crippen MR) is 72.0 cm³/mol. The third-order valence-electron chi connectivity index (χ3n) is 4.00. The molecule has 21 heavy (non-hydrogen) atoms. The molecule has 114 valence electrons. The number of hydrogen-bond donors (Lipinski definition) is 1. The van der Waals surface area contributed by atoms with Gasteiger partial charge in [0.15, 0.2) is 0 Å². The number of carbonyl (C=O) groups excluding carboxylic acids is 2. The van der Waals surface area contributed by atoms with E-state index in [9.17, 15) is 9.59 Å². The van der Waals surface area contributed by atoms with E-state index in [0.717, 1.165) is 32.5 Å². The van der Waals surface area contributed by atoms with Gasteiger partial charge in [0.25, 0.3) is 0 Å². The van der Waals surface area contributed by atoms with Crippen LogP contribution in [0, 0.1) is 0 Å². The van der Waals surface area contributed by atoms with Crippen molar-refractivity contribution in [3.63, 3.8) is 0 Å². The Balaban J connectivity index is 1.59. The van der Waals surface area contributed by atoms with Gasteiger partial charge in [0.2, 0.25) is 11.8 Å². The van der Waals surface area contributed by atoms with Crippen LogP contribution in [0.3, 0.4) is 0 Å². The predicted octanol–water partition coefficient (Wildman–Crippen LogP) is -1.90. The summed E-state index contributed by atoms with van der Waals surface area (Å²) in [5.41, 5.74) is 0. The molecule has 1 atom stereocenters. The zero-order valence-electron chi connectivity index (χ0n) is 11.8. The highest BCUT2D eigenvalue weighted by atomic mass is 16.2. The fraction of sp³-hybridized carbons (Fsp3) is 0.750. The summed E-state index contributed by atoms with van der Waals surface area (Å²) in [5.74, 6) is 0.121. The third kappa shape index (κ3) is 3.18. The normalized spacial score (nSPS) is 23.4. The van der Waals surface area contributed by atoms with Crippen LogP contribution in [0.1, 0.15) is 12.8 Å². The monoisotopic (exact) mass is 293 g/mol. The number of nitrogens with one attached hydrogen (secondary N) is 1. The Morgan fingerprint density at radius 3 is 3.10 bits per heavy atom. The van der Waals surface area contributed by atoms with Gasteiger partial charge in [-0.25, -0.2) is 4.68 Å². The summed E-state index contributed by atoms with van der Waals surface area (Å²) in [7, 11) is 0. The van der Waals surface area contributed by atoms with E-state index < -0.39 is 0 Å². The van der Waals surface area contributed by atoms with E-state index in [1.807, 2.05) is 9.80 Å². The first-order valence-corrected chi connectivity index (χ1v) is 7.23. The summed E-state index contributed by atoms with van der Waals surface area (Å²) in [4.78, 5) is 27.9. The van der Waals surface area contributed by atoms with Crippen molar-refractivity contribution in [1.82, 2.24) is 35.3 Å². The van der Waals surface area contributed by atoms with E-state index in [2.05, 4.69) is 20.8 Å². The molecular weight excluding hydrogens is 274 g/mol. The number of nitrogens with zero attached hydrogens (tertiary/aromatic N) is 6. The molecule has 2 fully saturated rings. The number of likely N-dealkylation sites (tertiary alicyclic amines) is 1. The van der Waals surface area contributed by atoms with Gasteiger partial charge in [0.1, 0.15) is 12.9 Å². The van der Waals surface area contributed by atoms with Crippen molar-refractivity contribution < 1.29 is 9.59 Å². The number of rotatable bonds is 3. The van der Waals surface area contributed by atoms with Crippen molar-refractivity contribution in [3.05, 3.63) is 6.33 Å². The molecule has 1 N–H and O–H groups in total. The quantitative estimate of drug-likeness (QED) is 0.699. The van der Waals surface area contributed by atoms with Crippen LogP contribution in [-0.4, -0.2) is 80.6 Å². The van der Waals surface area contributed by atoms with Crippen LogP contribution in [0.2, 0.25) is 0 Å². The number of hydrogen-bond acceptors (Lipinski definition) is 6. The van der Waals surface area contributed by atoms with E-state index in [4.69, 9.17) is 0 Å². The Morgan fingerprint density at radius 1 is 1.43 bits per heavy atom. The van der Waals surface area contributed by atoms with Gasteiger partial charge in [-0.3, -0.25) is 9.59 Å². The van der Waals surface area contributed by atoms with Crippen LogP contribution >= 0.6 is 0 Å². The Labute approximate surface area is 122 Å². The van der Waals surface area contributed by atoms with Crippen LogP contribution in [0.4, 0.5) is 0 Å². The first kappa shape index (κ1) is 13.9. The van der Waals surface area contributed by atoms with Gasteiger partial charge >= 0.3 is 0 Å². The SMILES string of the molecule is O=C(Cn1cnnn1)N1CCCC(N2CCNCC2=O)C1. The first-order valence-electron chi connectivity index (χ1n) is 7.23. The molecule has 3 rings (SSSR count). The van der Waals surface area contributed by atoms with E-state index in [1.54, 1.807) is 0 Å². The highest BCUT2D eigenvalue weighted by molar-refractivity contribution is 5.80. The minimum atomic E-state index is -0.00502. The molecule has 9 nitrogen and oxygen atoms in total. The summed E-state index contributed by atoms with van der Waals surface area (Å²) in [6.45, 7) is 3.42. The second kappa shape index (κ2) is 6.17. The molecule has 0 aliphatic carbocycles. The van der Waals surface area contributed by atoms with E-state index in [-0.39, 0.29) is 24.4 Å². The first-order chi connectivity index (χ1) is 10.2. The lowest BCUT2D eigenvalue weighted by Gasteiger charge is -2.41. The number of piperidine rings is 1. The van der Waals surface area contributed by atoms with Crippen molar-refractivity contribution in [1.29, 1.82) is 0 Å². The molecule has 0 radical (unpaired) electrons. The molecule has 0 aromatic carbocycles. The minimum Gasteiger partial charge on any atom is -0.339 e. The van der Waals surface area contributed by atoms with Crippen LogP contribution in [-0.2, 0) is 16.1 Å². The lowest BCUT2D eigenvalue weighted by atomic mass is 10.0. The average Bonchev–Trinajstić information content (AvgIpc) is 3.01. The largest absolute Gasteiger partial charge is 0.339 e. The zero-order valence-corrected chi connectivity index (χ0v) is 11.8. The van der Waals surface area contributed by atoms with Crippen molar-refractivity contribution >= 4 is 11.8 Å². The van der Waals surface area contributed by atoms with Gasteiger partial charge in [-0.15, -0.1) is 5.10 Å². The second-order valence-electron chi connectivity index (χ2n) is 5.41. The van der Waals surface area contributed by atoms with Gasteiger partial charge in [-0.1, -0.05) is 0 Å². The van der Waals surface area contributed by atoms with Gasteiger partial charge in [0.05, 0.1) is 6.54 Å². The molecule has 2 saturated heterocycles. The molecule has 0 saturated carbocycles. The minimum absolute atomic E-state index is 0.00502. The lowest BCUT2D eigenvalue weighted by Crippen LogP contribution is -2.57. The third-order valence-corrected chi connectivity index (χ3v) is 4.00. The maximum absolute atomic E-state index is 12.3. The second-order valence-corrected chi connectivity index (χ2v) is 5.41. The average molecular weight is 293 g/mol. The Morgan fingerprint density at radius 2 is 2.33 bits per heavy atom. The Kier molecular flexibility index (Phi) is 4.09. The summed E-state index contributed by atoms with van der Waals surface area (Å²) in [6, 6.07) is 0.131. The van der Waals surface area contributed by atoms with Gasteiger partial charge in [0, 0.05) is 32.2 Å². The number of tetrazole rings is 1. The molecule has 1 unspecified atom stereocenters. The summed E-state index contributed by atoms with van der Waals surface area (Å²) < 4.78 is 1.42. The van der Waals surface area contributed by atoms with Crippen molar-refractivity contribution in [2.75, 3.05) is 32.7 Å².